The predicted octanol–water partition coefficient (Wildman–Crippen LogP) is 3.21. The molecule has 0 bridgehead atoms. The van der Waals surface area contributed by atoms with Gasteiger partial charge in [0.15, 0.2) is 0 Å². The van der Waals surface area contributed by atoms with Crippen molar-refractivity contribution in [2.75, 3.05) is 0 Å². The van der Waals surface area contributed by atoms with E-state index in [9.17, 15) is 22.7 Å². The zero-order valence-electron chi connectivity index (χ0n) is 8.12. The highest BCUT2D eigenvalue weighted by molar-refractivity contribution is 5.67. The Hall–Kier alpha value is -2.05. The second-order valence-electron chi connectivity index (χ2n) is 3.21. The molecule has 2 aromatic rings. The van der Waals surface area contributed by atoms with Gasteiger partial charge in [-0.1, -0.05) is 11.2 Å². The molecule has 90 valence electrons. The predicted molar refractivity (Wildman–Crippen MR) is 48.6 cm³/mol. The maximum atomic E-state index is 13.3. The number of phenolic OH excluding ortho intramolecular Hbond substituents is 1. The van der Waals surface area contributed by atoms with Crippen molar-refractivity contribution in [1.29, 1.82) is 0 Å². The van der Waals surface area contributed by atoms with E-state index in [1.54, 1.807) is 0 Å². The van der Waals surface area contributed by atoms with Crippen LogP contribution in [-0.4, -0.2) is 10.3 Å². The normalized spacial score (nSPS) is 11.8. The molecule has 17 heavy (non-hydrogen) atoms. The highest BCUT2D eigenvalue weighted by Gasteiger charge is 2.36. The van der Waals surface area contributed by atoms with E-state index in [0.717, 1.165) is 12.1 Å². The standard InChI is InChI=1S/C10H5F4NO2/c11-5-2-1-3-7(16)9(5)6-4-8(17-15-6)10(12,13)14/h1-4,16H. The molecule has 0 aliphatic carbocycles. The van der Waals surface area contributed by atoms with Crippen LogP contribution in [0.2, 0.25) is 0 Å². The van der Waals surface area contributed by atoms with Crippen LogP contribution < -0.4 is 0 Å². The summed E-state index contributed by atoms with van der Waals surface area (Å²) in [6.07, 6.45) is -4.70. The third-order valence-corrected chi connectivity index (χ3v) is 2.04. The quantitative estimate of drug-likeness (QED) is 0.787. The Balaban J connectivity index is 2.51. The van der Waals surface area contributed by atoms with Crippen LogP contribution in [0.5, 0.6) is 5.75 Å². The summed E-state index contributed by atoms with van der Waals surface area (Å²) in [6.45, 7) is 0. The number of rotatable bonds is 1. The Bertz CT molecular complexity index is 527. The highest BCUT2D eigenvalue weighted by atomic mass is 19.4. The Labute approximate surface area is 92.3 Å². The van der Waals surface area contributed by atoms with E-state index in [1.165, 1.54) is 6.07 Å². The maximum absolute atomic E-state index is 13.3. The van der Waals surface area contributed by atoms with E-state index in [2.05, 4.69) is 9.68 Å². The van der Waals surface area contributed by atoms with Gasteiger partial charge in [0, 0.05) is 6.07 Å². The van der Waals surface area contributed by atoms with E-state index in [1.807, 2.05) is 0 Å². The number of hydrogen-bond acceptors (Lipinski definition) is 3. The zero-order valence-corrected chi connectivity index (χ0v) is 8.12. The van der Waals surface area contributed by atoms with Crippen LogP contribution in [0.25, 0.3) is 11.3 Å². The molecule has 0 radical (unpaired) electrons. The fourth-order valence-electron chi connectivity index (χ4n) is 1.29. The van der Waals surface area contributed by atoms with Gasteiger partial charge < -0.3 is 9.63 Å². The lowest BCUT2D eigenvalue weighted by Crippen LogP contribution is -2.02. The van der Waals surface area contributed by atoms with Gasteiger partial charge in [-0.15, -0.1) is 0 Å². The molecule has 3 nitrogen and oxygen atoms in total. The van der Waals surface area contributed by atoms with Crippen LogP contribution in [0.1, 0.15) is 5.76 Å². The summed E-state index contributed by atoms with van der Waals surface area (Å²) < 4.78 is 54.0. The molecule has 0 fully saturated rings. The molecule has 0 saturated heterocycles. The molecule has 0 aliphatic heterocycles. The van der Waals surface area contributed by atoms with Crippen LogP contribution in [0.3, 0.4) is 0 Å². The van der Waals surface area contributed by atoms with Crippen LogP contribution in [0, 0.1) is 5.82 Å². The van der Waals surface area contributed by atoms with Crippen molar-refractivity contribution in [3.63, 3.8) is 0 Å². The molecule has 0 spiro atoms. The van der Waals surface area contributed by atoms with Crippen molar-refractivity contribution in [1.82, 2.24) is 5.16 Å². The fourth-order valence-corrected chi connectivity index (χ4v) is 1.29. The van der Waals surface area contributed by atoms with Gasteiger partial charge in [-0.25, -0.2) is 4.39 Å². The monoisotopic (exact) mass is 247 g/mol. The molecule has 7 heteroatoms. The number of hydrogen-bond donors (Lipinski definition) is 1. The average Bonchev–Trinajstić information content (AvgIpc) is 2.65. The van der Waals surface area contributed by atoms with E-state index in [-0.39, 0.29) is 0 Å². The first-order chi connectivity index (χ1) is 7.89. The summed E-state index contributed by atoms with van der Waals surface area (Å²) in [4.78, 5) is 0. The largest absolute Gasteiger partial charge is 0.507 e. The molecule has 0 saturated carbocycles. The number of aromatic nitrogens is 1. The Morgan fingerprint density at radius 2 is 1.94 bits per heavy atom. The van der Waals surface area contributed by atoms with E-state index in [4.69, 9.17) is 0 Å². The topological polar surface area (TPSA) is 46.3 Å². The van der Waals surface area contributed by atoms with Gasteiger partial charge in [-0.2, -0.15) is 13.2 Å². The van der Waals surface area contributed by atoms with E-state index >= 15 is 0 Å². The lowest BCUT2D eigenvalue weighted by molar-refractivity contribution is -0.155. The summed E-state index contributed by atoms with van der Waals surface area (Å²) in [5.41, 5.74) is -0.834. The van der Waals surface area contributed by atoms with Crippen LogP contribution in [0.4, 0.5) is 17.6 Å². The van der Waals surface area contributed by atoms with E-state index < -0.39 is 34.8 Å². The second kappa shape index (κ2) is 3.76. The molecule has 0 unspecified atom stereocenters. The highest BCUT2D eigenvalue weighted by Crippen LogP contribution is 2.35. The summed E-state index contributed by atoms with van der Waals surface area (Å²) in [6, 6.07) is 3.88. The Morgan fingerprint density at radius 3 is 2.47 bits per heavy atom. The number of benzene rings is 1. The molecule has 1 heterocycles. The van der Waals surface area contributed by atoms with Gasteiger partial charge in [0.1, 0.15) is 17.3 Å². The number of nitrogens with zero attached hydrogens (tertiary/aromatic N) is 1. The molecule has 0 amide bonds. The minimum Gasteiger partial charge on any atom is -0.507 e. The first kappa shape index (κ1) is 11.4. The van der Waals surface area contributed by atoms with Crippen molar-refractivity contribution in [3.05, 3.63) is 35.8 Å². The zero-order chi connectivity index (χ0) is 12.6. The molecule has 2 rings (SSSR count). The summed E-state index contributed by atoms with van der Waals surface area (Å²) in [5, 5.41) is 12.4. The smallest absolute Gasteiger partial charge is 0.452 e. The first-order valence-corrected chi connectivity index (χ1v) is 4.41. The third-order valence-electron chi connectivity index (χ3n) is 2.04. The van der Waals surface area contributed by atoms with Gasteiger partial charge in [-0.05, 0) is 12.1 Å². The van der Waals surface area contributed by atoms with Crippen molar-refractivity contribution in [2.45, 2.75) is 6.18 Å². The van der Waals surface area contributed by atoms with Gasteiger partial charge in [0.25, 0.3) is 0 Å². The summed E-state index contributed by atoms with van der Waals surface area (Å²) >= 11 is 0. The maximum Gasteiger partial charge on any atom is 0.452 e. The number of halogens is 4. The van der Waals surface area contributed by atoms with Crippen LogP contribution in [-0.2, 0) is 6.18 Å². The number of phenols is 1. The van der Waals surface area contributed by atoms with Crippen LogP contribution >= 0.6 is 0 Å². The third kappa shape index (κ3) is 2.08. The minimum absolute atomic E-state index is 0.409. The Morgan fingerprint density at radius 1 is 1.24 bits per heavy atom. The molecular weight excluding hydrogens is 242 g/mol. The fraction of sp³-hybridized carbons (Fsp3) is 0.100. The van der Waals surface area contributed by atoms with Gasteiger partial charge in [-0.3, -0.25) is 0 Å². The first-order valence-electron chi connectivity index (χ1n) is 4.41. The van der Waals surface area contributed by atoms with Crippen LogP contribution in [0.15, 0.2) is 28.8 Å². The average molecular weight is 247 g/mol. The molecule has 1 aromatic carbocycles. The lowest BCUT2D eigenvalue weighted by Gasteiger charge is -2.01. The van der Waals surface area contributed by atoms with Crippen molar-refractivity contribution in [2.24, 2.45) is 0 Å². The van der Waals surface area contributed by atoms with Crippen molar-refractivity contribution in [3.8, 4) is 17.0 Å². The molecule has 0 aliphatic rings. The SMILES string of the molecule is Oc1cccc(F)c1-c1cc(C(F)(F)F)on1. The van der Waals surface area contributed by atoms with Crippen molar-refractivity contribution < 1.29 is 27.2 Å². The van der Waals surface area contributed by atoms with Gasteiger partial charge in [0.05, 0.1) is 5.56 Å². The molecule has 1 N–H and O–H groups in total. The Kier molecular flexibility index (Phi) is 2.53. The van der Waals surface area contributed by atoms with Crippen molar-refractivity contribution >= 4 is 0 Å². The number of aromatic hydroxyl groups is 1. The van der Waals surface area contributed by atoms with E-state index in [0.29, 0.717) is 6.07 Å². The van der Waals surface area contributed by atoms with Gasteiger partial charge >= 0.3 is 6.18 Å². The molecule has 0 atom stereocenters. The molecule has 1 aromatic heterocycles. The number of alkyl halides is 3. The minimum atomic E-state index is -4.70. The summed E-state index contributed by atoms with van der Waals surface area (Å²) in [5.74, 6) is -2.74. The molecular formula is C10H5F4NO2. The van der Waals surface area contributed by atoms with Gasteiger partial charge in [0.2, 0.25) is 5.76 Å². The lowest BCUT2D eigenvalue weighted by atomic mass is 10.1. The summed E-state index contributed by atoms with van der Waals surface area (Å²) in [7, 11) is 0. The second-order valence-corrected chi connectivity index (χ2v) is 3.21.